The van der Waals surface area contributed by atoms with Crippen LogP contribution in [-0.4, -0.2) is 18.4 Å². The fraction of sp³-hybridized carbons (Fsp3) is 0.103. The van der Waals surface area contributed by atoms with Gasteiger partial charge in [0, 0.05) is 10.6 Å². The highest BCUT2D eigenvalue weighted by atomic mass is 32.2. The molecular formula is C29H23F3N2O3S. The van der Waals surface area contributed by atoms with Crippen molar-refractivity contribution in [2.75, 3.05) is 17.2 Å². The lowest BCUT2D eigenvalue weighted by Gasteiger charge is -2.19. The van der Waals surface area contributed by atoms with Crippen molar-refractivity contribution >= 4 is 35.0 Å². The monoisotopic (exact) mass is 536 g/mol. The van der Waals surface area contributed by atoms with Gasteiger partial charge in [0.1, 0.15) is 11.0 Å². The minimum absolute atomic E-state index is 0.185. The summed E-state index contributed by atoms with van der Waals surface area (Å²) in [6, 6.07) is 29.4. The van der Waals surface area contributed by atoms with Gasteiger partial charge in [-0.25, -0.2) is 0 Å². The van der Waals surface area contributed by atoms with E-state index < -0.39 is 22.9 Å². The van der Waals surface area contributed by atoms with Gasteiger partial charge < -0.3 is 15.4 Å². The third-order valence-electron chi connectivity index (χ3n) is 5.32. The van der Waals surface area contributed by atoms with E-state index in [9.17, 15) is 22.8 Å². The third-order valence-corrected chi connectivity index (χ3v) is 6.56. The molecule has 194 valence electrons. The third kappa shape index (κ3) is 7.39. The summed E-state index contributed by atoms with van der Waals surface area (Å²) in [6.07, 6.45) is -4.62. The minimum Gasteiger partial charge on any atom is -0.484 e. The molecule has 38 heavy (non-hydrogen) atoms. The van der Waals surface area contributed by atoms with Crippen LogP contribution in [0.15, 0.2) is 114 Å². The van der Waals surface area contributed by atoms with Crippen LogP contribution in [0.2, 0.25) is 0 Å². The molecule has 4 aromatic carbocycles. The zero-order valence-electron chi connectivity index (χ0n) is 19.9. The van der Waals surface area contributed by atoms with E-state index in [0.717, 1.165) is 17.8 Å². The number of alkyl halides is 3. The summed E-state index contributed by atoms with van der Waals surface area (Å²) in [4.78, 5) is 26.3. The maximum Gasteiger partial charge on any atom is 0.418 e. The first-order valence-electron chi connectivity index (χ1n) is 11.6. The van der Waals surface area contributed by atoms with E-state index in [2.05, 4.69) is 10.6 Å². The van der Waals surface area contributed by atoms with Gasteiger partial charge in [-0.3, -0.25) is 9.59 Å². The number of anilines is 2. The molecule has 9 heteroatoms. The van der Waals surface area contributed by atoms with E-state index >= 15 is 0 Å². The van der Waals surface area contributed by atoms with Crippen molar-refractivity contribution in [3.63, 3.8) is 0 Å². The highest BCUT2D eigenvalue weighted by Crippen LogP contribution is 2.39. The second-order valence-electron chi connectivity index (χ2n) is 8.12. The number of ether oxygens (including phenoxy) is 1. The molecule has 0 aliphatic heterocycles. The molecule has 5 nitrogen and oxygen atoms in total. The van der Waals surface area contributed by atoms with Crippen molar-refractivity contribution in [3.8, 4) is 5.75 Å². The molecule has 0 heterocycles. The first-order valence-corrected chi connectivity index (χ1v) is 12.4. The summed E-state index contributed by atoms with van der Waals surface area (Å²) < 4.78 is 45.9. The van der Waals surface area contributed by atoms with Crippen LogP contribution in [0.1, 0.15) is 16.4 Å². The van der Waals surface area contributed by atoms with Crippen LogP contribution in [0.3, 0.4) is 0 Å². The Kier molecular flexibility index (Phi) is 8.70. The van der Waals surface area contributed by atoms with E-state index in [1.165, 1.54) is 18.2 Å². The van der Waals surface area contributed by atoms with Crippen molar-refractivity contribution in [2.24, 2.45) is 0 Å². The number of amides is 2. The molecule has 0 radical (unpaired) electrons. The average molecular weight is 537 g/mol. The molecular weight excluding hydrogens is 513 g/mol. The quantitative estimate of drug-likeness (QED) is 0.222. The number of rotatable bonds is 9. The number of carbonyl (C=O) groups excluding carboxylic acids is 2. The van der Waals surface area contributed by atoms with Gasteiger partial charge in [0.2, 0.25) is 5.91 Å². The van der Waals surface area contributed by atoms with Gasteiger partial charge >= 0.3 is 6.18 Å². The van der Waals surface area contributed by atoms with Crippen LogP contribution in [-0.2, 0) is 15.8 Å². The van der Waals surface area contributed by atoms with Gasteiger partial charge in [0.15, 0.2) is 6.61 Å². The Morgan fingerprint density at radius 3 is 2.16 bits per heavy atom. The van der Waals surface area contributed by atoms with Gasteiger partial charge in [-0.1, -0.05) is 66.7 Å². The number of carbonyl (C=O) groups is 2. The largest absolute Gasteiger partial charge is 0.484 e. The van der Waals surface area contributed by atoms with Crippen LogP contribution in [0.5, 0.6) is 5.75 Å². The number of halogens is 3. The molecule has 0 bridgehead atoms. The SMILES string of the molecule is O=C(COc1ccccc1)Nc1cccc(SC(C(=O)Nc2ccccc2C(F)(F)F)c2ccccc2)c1. The molecule has 4 aromatic rings. The van der Waals surface area contributed by atoms with Crippen LogP contribution < -0.4 is 15.4 Å². The molecule has 0 aliphatic carbocycles. The highest BCUT2D eigenvalue weighted by molar-refractivity contribution is 8.00. The lowest BCUT2D eigenvalue weighted by molar-refractivity contribution is -0.137. The maximum absolute atomic E-state index is 13.5. The summed E-state index contributed by atoms with van der Waals surface area (Å²) in [5, 5.41) is 4.35. The number of hydrogen-bond donors (Lipinski definition) is 2. The van der Waals surface area contributed by atoms with Gasteiger partial charge in [0.05, 0.1) is 11.3 Å². The Morgan fingerprint density at radius 1 is 0.789 bits per heavy atom. The molecule has 1 unspecified atom stereocenters. The van der Waals surface area contributed by atoms with Crippen LogP contribution in [0, 0.1) is 0 Å². The topological polar surface area (TPSA) is 67.4 Å². The Balaban J connectivity index is 1.49. The molecule has 2 N–H and O–H groups in total. The number of thioether (sulfide) groups is 1. The van der Waals surface area contributed by atoms with Crippen molar-refractivity contribution in [1.29, 1.82) is 0 Å². The Morgan fingerprint density at radius 2 is 1.45 bits per heavy atom. The fourth-order valence-corrected chi connectivity index (χ4v) is 4.67. The normalized spacial score (nSPS) is 11.9. The fourth-order valence-electron chi connectivity index (χ4n) is 3.58. The van der Waals surface area contributed by atoms with E-state index in [-0.39, 0.29) is 18.2 Å². The first kappa shape index (κ1) is 26.8. The van der Waals surface area contributed by atoms with Gasteiger partial charge in [0.25, 0.3) is 5.91 Å². The second kappa shape index (κ2) is 12.3. The highest BCUT2D eigenvalue weighted by Gasteiger charge is 2.34. The number of hydrogen-bond acceptors (Lipinski definition) is 4. The van der Waals surface area contributed by atoms with Gasteiger partial charge in [-0.2, -0.15) is 13.2 Å². The summed E-state index contributed by atoms with van der Waals surface area (Å²) >= 11 is 1.16. The van der Waals surface area contributed by atoms with Crippen molar-refractivity contribution < 1.29 is 27.5 Å². The first-order chi connectivity index (χ1) is 18.3. The standard InChI is InChI=1S/C29H23F3N2O3S/c30-29(31,32)24-16-7-8-17-25(24)34-28(36)27(20-10-3-1-4-11-20)38-23-15-9-12-21(18-23)33-26(35)19-37-22-13-5-2-6-14-22/h1-18,27H,19H2,(H,33,35)(H,34,36). The lowest BCUT2D eigenvalue weighted by atomic mass is 10.1. The Bertz CT molecular complexity index is 1380. The van der Waals surface area contributed by atoms with Gasteiger partial charge in [-0.05, 0) is 48.0 Å². The molecule has 1 atom stereocenters. The van der Waals surface area contributed by atoms with Crippen molar-refractivity contribution in [3.05, 3.63) is 120 Å². The Hall–Kier alpha value is -4.24. The molecule has 0 saturated heterocycles. The zero-order valence-corrected chi connectivity index (χ0v) is 20.8. The predicted molar refractivity (Wildman–Crippen MR) is 142 cm³/mol. The molecule has 0 saturated carbocycles. The second-order valence-corrected chi connectivity index (χ2v) is 9.30. The molecule has 0 aliphatic rings. The van der Waals surface area contributed by atoms with E-state index in [1.807, 2.05) is 6.07 Å². The average Bonchev–Trinajstić information content (AvgIpc) is 2.91. The molecule has 2 amide bonds. The molecule has 0 spiro atoms. The summed E-state index contributed by atoms with van der Waals surface area (Å²) in [6.45, 7) is -0.185. The van der Waals surface area contributed by atoms with E-state index in [1.54, 1.807) is 78.9 Å². The van der Waals surface area contributed by atoms with Crippen LogP contribution in [0.4, 0.5) is 24.5 Å². The van der Waals surface area contributed by atoms with Crippen molar-refractivity contribution in [1.82, 2.24) is 0 Å². The minimum atomic E-state index is -4.62. The number of para-hydroxylation sites is 2. The van der Waals surface area contributed by atoms with Gasteiger partial charge in [-0.15, -0.1) is 11.8 Å². The zero-order chi connectivity index (χ0) is 27.0. The summed E-state index contributed by atoms with van der Waals surface area (Å²) in [5.74, 6) is -0.406. The number of nitrogens with one attached hydrogen (secondary N) is 2. The molecule has 0 aromatic heterocycles. The predicted octanol–water partition coefficient (Wildman–Crippen LogP) is 7.20. The lowest BCUT2D eigenvalue weighted by Crippen LogP contribution is -2.21. The molecule has 0 fully saturated rings. The Labute approximate surface area is 222 Å². The summed E-state index contributed by atoms with van der Waals surface area (Å²) in [5.41, 5.74) is -0.130. The van der Waals surface area contributed by atoms with Crippen LogP contribution in [0.25, 0.3) is 0 Å². The molecule has 4 rings (SSSR count). The maximum atomic E-state index is 13.5. The van der Waals surface area contributed by atoms with E-state index in [4.69, 9.17) is 4.74 Å². The smallest absolute Gasteiger partial charge is 0.418 e. The van der Waals surface area contributed by atoms with Crippen molar-refractivity contribution in [2.45, 2.75) is 16.3 Å². The van der Waals surface area contributed by atoms with E-state index in [0.29, 0.717) is 21.9 Å². The summed E-state index contributed by atoms with van der Waals surface area (Å²) in [7, 11) is 0. The van der Waals surface area contributed by atoms with Crippen LogP contribution >= 0.6 is 11.8 Å². The number of benzene rings is 4.